The van der Waals surface area contributed by atoms with Crippen molar-refractivity contribution in [1.82, 2.24) is 10.2 Å². The van der Waals surface area contributed by atoms with E-state index in [4.69, 9.17) is 0 Å². The molecule has 30 heavy (non-hydrogen) atoms. The van der Waals surface area contributed by atoms with E-state index in [1.54, 1.807) is 31.2 Å². The minimum absolute atomic E-state index is 0.0303. The zero-order valence-corrected chi connectivity index (χ0v) is 18.6. The molecule has 1 heterocycles. The molecule has 0 spiro atoms. The molecule has 1 aliphatic heterocycles. The van der Waals surface area contributed by atoms with Crippen molar-refractivity contribution in [2.75, 3.05) is 30.2 Å². The van der Waals surface area contributed by atoms with Crippen LogP contribution in [0.25, 0.3) is 0 Å². The van der Waals surface area contributed by atoms with Gasteiger partial charge in [-0.05, 0) is 68.2 Å². The van der Waals surface area contributed by atoms with Crippen LogP contribution in [0.15, 0.2) is 48.5 Å². The second-order valence-electron chi connectivity index (χ2n) is 7.75. The lowest BCUT2D eigenvalue weighted by molar-refractivity contribution is 0.0951. The first-order valence-electron chi connectivity index (χ1n) is 10.5. The first-order valence-corrected chi connectivity index (χ1v) is 12.1. The van der Waals surface area contributed by atoms with Crippen molar-refractivity contribution in [3.05, 3.63) is 65.2 Å². The molecular weight excluding hydrogens is 398 g/mol. The molecule has 1 saturated heterocycles. The van der Waals surface area contributed by atoms with Crippen molar-refractivity contribution < 1.29 is 13.2 Å². The fourth-order valence-electron chi connectivity index (χ4n) is 3.60. The Kier molecular flexibility index (Phi) is 7.50. The van der Waals surface area contributed by atoms with Gasteiger partial charge in [-0.25, -0.2) is 8.42 Å². The van der Waals surface area contributed by atoms with Crippen molar-refractivity contribution in [1.29, 1.82) is 0 Å². The maximum absolute atomic E-state index is 12.4. The molecule has 0 aromatic heterocycles. The second-order valence-corrected chi connectivity index (χ2v) is 10.0. The van der Waals surface area contributed by atoms with Gasteiger partial charge in [0.15, 0.2) is 0 Å². The Morgan fingerprint density at radius 1 is 0.967 bits per heavy atom. The molecule has 0 atom stereocenters. The standard InChI is InChI=1S/C23H31N3O3S/c1-3-30(28,29)25(2)22-13-11-21(12-14-22)23(27)24-17-19-7-9-20(10-8-19)18-26-15-5-4-6-16-26/h7-14H,3-6,15-18H2,1-2H3,(H,24,27). The lowest BCUT2D eigenvalue weighted by Crippen LogP contribution is -2.29. The zero-order chi connectivity index (χ0) is 21.6. The average Bonchev–Trinajstić information content (AvgIpc) is 2.78. The van der Waals surface area contributed by atoms with Crippen LogP contribution >= 0.6 is 0 Å². The van der Waals surface area contributed by atoms with Gasteiger partial charge in [0.1, 0.15) is 0 Å². The summed E-state index contributed by atoms with van der Waals surface area (Å²) in [4.78, 5) is 14.9. The monoisotopic (exact) mass is 429 g/mol. The molecule has 0 saturated carbocycles. The molecule has 2 aromatic carbocycles. The summed E-state index contributed by atoms with van der Waals surface area (Å²) in [7, 11) is -1.80. The Balaban J connectivity index is 1.52. The molecule has 0 bridgehead atoms. The van der Waals surface area contributed by atoms with Crippen LogP contribution < -0.4 is 9.62 Å². The van der Waals surface area contributed by atoms with Gasteiger partial charge in [0.05, 0.1) is 11.4 Å². The topological polar surface area (TPSA) is 69.7 Å². The van der Waals surface area contributed by atoms with Crippen molar-refractivity contribution in [3.63, 3.8) is 0 Å². The first kappa shape index (κ1) is 22.3. The highest BCUT2D eigenvalue weighted by atomic mass is 32.2. The number of rotatable bonds is 8. The van der Waals surface area contributed by atoms with E-state index in [2.05, 4.69) is 34.5 Å². The quantitative estimate of drug-likeness (QED) is 0.698. The Morgan fingerprint density at radius 2 is 1.57 bits per heavy atom. The predicted octanol–water partition coefficient (Wildman–Crippen LogP) is 3.39. The molecule has 0 aliphatic carbocycles. The third-order valence-electron chi connectivity index (χ3n) is 5.61. The number of sulfonamides is 1. The van der Waals surface area contributed by atoms with Crippen LogP contribution in [-0.2, 0) is 23.1 Å². The maximum atomic E-state index is 12.4. The average molecular weight is 430 g/mol. The van der Waals surface area contributed by atoms with Gasteiger partial charge in [-0.1, -0.05) is 30.7 Å². The number of anilines is 1. The van der Waals surface area contributed by atoms with Gasteiger partial charge in [-0.2, -0.15) is 0 Å². The molecule has 7 heteroatoms. The number of amides is 1. The summed E-state index contributed by atoms with van der Waals surface area (Å²) in [6.07, 6.45) is 3.91. The number of likely N-dealkylation sites (tertiary alicyclic amines) is 1. The molecule has 0 radical (unpaired) electrons. The van der Waals surface area contributed by atoms with Crippen molar-refractivity contribution >= 4 is 21.6 Å². The summed E-state index contributed by atoms with van der Waals surface area (Å²) in [5, 5.41) is 2.92. The molecular formula is C23H31N3O3S. The molecule has 1 amide bonds. The van der Waals surface area contributed by atoms with Crippen LogP contribution in [0.5, 0.6) is 0 Å². The number of nitrogens with one attached hydrogen (secondary N) is 1. The van der Waals surface area contributed by atoms with E-state index in [0.29, 0.717) is 17.8 Å². The summed E-state index contributed by atoms with van der Waals surface area (Å²) < 4.78 is 25.2. The highest BCUT2D eigenvalue weighted by molar-refractivity contribution is 7.92. The van der Waals surface area contributed by atoms with Gasteiger partial charge in [0.25, 0.3) is 5.91 Å². The van der Waals surface area contributed by atoms with Crippen LogP contribution in [0, 0.1) is 0 Å². The number of nitrogens with zero attached hydrogens (tertiary/aromatic N) is 2. The van der Waals surface area contributed by atoms with Gasteiger partial charge in [0.2, 0.25) is 10.0 Å². The third-order valence-corrected chi connectivity index (χ3v) is 7.38. The van der Waals surface area contributed by atoms with Crippen molar-refractivity contribution in [2.45, 2.75) is 39.3 Å². The maximum Gasteiger partial charge on any atom is 0.251 e. The number of carbonyl (C=O) groups excluding carboxylic acids is 1. The van der Waals surface area contributed by atoms with Gasteiger partial charge in [-0.15, -0.1) is 0 Å². The first-order chi connectivity index (χ1) is 14.4. The van der Waals surface area contributed by atoms with E-state index in [1.165, 1.54) is 49.3 Å². The van der Waals surface area contributed by atoms with Crippen molar-refractivity contribution in [2.24, 2.45) is 0 Å². The molecule has 162 valence electrons. The Morgan fingerprint density at radius 3 is 2.17 bits per heavy atom. The summed E-state index contributed by atoms with van der Waals surface area (Å²) in [6, 6.07) is 15.0. The molecule has 6 nitrogen and oxygen atoms in total. The lowest BCUT2D eigenvalue weighted by Gasteiger charge is -2.26. The predicted molar refractivity (Wildman–Crippen MR) is 121 cm³/mol. The Hall–Kier alpha value is -2.38. The van der Waals surface area contributed by atoms with E-state index in [1.807, 2.05) is 0 Å². The molecule has 1 N–H and O–H groups in total. The Bertz CT molecular complexity index is 935. The van der Waals surface area contributed by atoms with E-state index in [-0.39, 0.29) is 11.7 Å². The van der Waals surface area contributed by atoms with Crippen LogP contribution in [0.3, 0.4) is 0 Å². The number of carbonyl (C=O) groups is 1. The van der Waals surface area contributed by atoms with Gasteiger partial charge in [-0.3, -0.25) is 14.0 Å². The molecule has 3 rings (SSSR count). The molecule has 1 fully saturated rings. The number of hydrogen-bond acceptors (Lipinski definition) is 4. The van der Waals surface area contributed by atoms with Crippen LogP contribution in [0.2, 0.25) is 0 Å². The number of piperidine rings is 1. The molecule has 2 aromatic rings. The van der Waals surface area contributed by atoms with Crippen molar-refractivity contribution in [3.8, 4) is 0 Å². The third kappa shape index (κ3) is 5.83. The lowest BCUT2D eigenvalue weighted by atomic mass is 10.1. The SMILES string of the molecule is CCS(=O)(=O)N(C)c1ccc(C(=O)NCc2ccc(CN3CCCCC3)cc2)cc1. The summed E-state index contributed by atoms with van der Waals surface area (Å²) in [5.41, 5.74) is 3.39. The second kappa shape index (κ2) is 10.1. The van der Waals surface area contributed by atoms with Gasteiger partial charge in [0, 0.05) is 25.7 Å². The van der Waals surface area contributed by atoms with Crippen LogP contribution in [0.1, 0.15) is 47.7 Å². The Labute approximate surface area is 179 Å². The fraction of sp³-hybridized carbons (Fsp3) is 0.435. The van der Waals surface area contributed by atoms with E-state index in [9.17, 15) is 13.2 Å². The summed E-state index contributed by atoms with van der Waals surface area (Å²) in [5.74, 6) is -0.150. The molecule has 0 unspecified atom stereocenters. The summed E-state index contributed by atoms with van der Waals surface area (Å²) >= 11 is 0. The normalized spacial score (nSPS) is 15.0. The van der Waals surface area contributed by atoms with Crippen LogP contribution in [0.4, 0.5) is 5.69 Å². The highest BCUT2D eigenvalue weighted by Gasteiger charge is 2.16. The highest BCUT2D eigenvalue weighted by Crippen LogP contribution is 2.18. The minimum atomic E-state index is -3.31. The van der Waals surface area contributed by atoms with Gasteiger partial charge >= 0.3 is 0 Å². The van der Waals surface area contributed by atoms with E-state index >= 15 is 0 Å². The van der Waals surface area contributed by atoms with E-state index in [0.717, 1.165) is 12.1 Å². The van der Waals surface area contributed by atoms with Gasteiger partial charge < -0.3 is 5.32 Å². The number of hydrogen-bond donors (Lipinski definition) is 1. The largest absolute Gasteiger partial charge is 0.348 e. The zero-order valence-electron chi connectivity index (χ0n) is 17.8. The fourth-order valence-corrected chi connectivity index (χ4v) is 4.43. The minimum Gasteiger partial charge on any atom is -0.348 e. The smallest absolute Gasteiger partial charge is 0.251 e. The molecule has 1 aliphatic rings. The number of benzene rings is 2. The van der Waals surface area contributed by atoms with E-state index < -0.39 is 10.0 Å². The van der Waals surface area contributed by atoms with Crippen LogP contribution in [-0.4, -0.2) is 45.1 Å². The summed E-state index contributed by atoms with van der Waals surface area (Å²) in [6.45, 7) is 5.40.